The molecule has 1 aromatic carbocycles. The Balaban J connectivity index is 1.18. The molecule has 1 saturated heterocycles. The summed E-state index contributed by atoms with van der Waals surface area (Å²) in [6.07, 6.45) is 20.9. The largest absolute Gasteiger partial charge is 0.463 e. The van der Waals surface area contributed by atoms with Crippen molar-refractivity contribution in [1.29, 1.82) is 0 Å². The van der Waals surface area contributed by atoms with Crippen molar-refractivity contribution in [1.82, 2.24) is 26.6 Å². The maximum absolute atomic E-state index is 15.2. The molecule has 7 rings (SSSR count). The third-order valence-electron chi connectivity index (χ3n) is 13.6. The molecule has 3 aliphatic carbocycles. The van der Waals surface area contributed by atoms with E-state index in [9.17, 15) is 9.90 Å². The number of rotatable bonds is 18. The van der Waals surface area contributed by atoms with Gasteiger partial charge >= 0.3 is 5.97 Å². The second kappa shape index (κ2) is 18.3. The lowest BCUT2D eigenvalue weighted by atomic mass is 9.68. The zero-order valence-corrected chi connectivity index (χ0v) is 36.1. The topological polar surface area (TPSA) is 179 Å². The van der Waals surface area contributed by atoms with E-state index in [2.05, 4.69) is 71.7 Å². The molecule has 3 heterocycles. The number of hydrogen-bond acceptors (Lipinski definition) is 12. The number of carbonyl (C=O) groups is 3. The summed E-state index contributed by atoms with van der Waals surface area (Å²) in [4.78, 5) is 45.1. The van der Waals surface area contributed by atoms with Gasteiger partial charge in [-0.05, 0) is 124 Å². The lowest BCUT2D eigenvalue weighted by Gasteiger charge is -2.42. The molecular formula is C48H66N6O6. The van der Waals surface area contributed by atoms with E-state index in [0.717, 1.165) is 54.8 Å². The van der Waals surface area contributed by atoms with Crippen LogP contribution in [0.2, 0.25) is 0 Å². The fourth-order valence-electron chi connectivity index (χ4n) is 10.3. The molecule has 0 spiro atoms. The van der Waals surface area contributed by atoms with Crippen LogP contribution in [0.5, 0.6) is 0 Å². The van der Waals surface area contributed by atoms with Crippen molar-refractivity contribution < 1.29 is 29.0 Å². The first-order chi connectivity index (χ1) is 28.8. The molecule has 0 amide bonds. The molecule has 1 saturated carbocycles. The van der Waals surface area contributed by atoms with Crippen molar-refractivity contribution in [3.8, 4) is 0 Å². The standard InChI is InChI=1S/C48H66N6O6/c1-6-51-39-22-34-11-8-7-10-33(34)21-36(39)28-59-45(58)48-44(57)42-35(24-46(3,4)23-32-16-17-40(49)53-26-32)12-9-13-38(42)43(56)47(48,60-48)25-37(27-55)30(2)14-15-31-18-19-52-41(20-31)54-29-50-5/h8-9,11-13,16-18,20,26,33-34,36,39-40,50-55H,6-7,10,14-15,19,21-25,27-29,49H2,1-5H3/b37-30-/t33-,34+,36+,39-,40?,47-,48-/m0/s1. The van der Waals surface area contributed by atoms with Crippen molar-refractivity contribution in [3.05, 3.63) is 106 Å². The van der Waals surface area contributed by atoms with Gasteiger partial charge in [0, 0.05) is 42.3 Å². The van der Waals surface area contributed by atoms with Crippen LogP contribution in [0.1, 0.15) is 105 Å². The van der Waals surface area contributed by atoms with Crippen LogP contribution in [0.15, 0.2) is 89.0 Å². The van der Waals surface area contributed by atoms with Gasteiger partial charge in [-0.25, -0.2) is 4.79 Å². The minimum absolute atomic E-state index is 0.0545. The number of Topliss-reactive ketones (excluding diaryl/α,β-unsaturated/α-hetero) is 2. The van der Waals surface area contributed by atoms with Crippen LogP contribution in [0, 0.1) is 23.2 Å². The Bertz CT molecular complexity index is 2010. The highest BCUT2D eigenvalue weighted by Crippen LogP contribution is 2.60. The number of aliphatic hydroxyl groups is 1. The number of esters is 1. The number of dihydropyridines is 2. The van der Waals surface area contributed by atoms with Gasteiger partial charge in [-0.15, -0.1) is 0 Å². The van der Waals surface area contributed by atoms with Crippen molar-refractivity contribution in [2.24, 2.45) is 28.9 Å². The molecule has 0 aromatic heterocycles. The quantitative estimate of drug-likeness (QED) is 0.0348. The highest BCUT2D eigenvalue weighted by molar-refractivity contribution is 6.33. The van der Waals surface area contributed by atoms with Crippen LogP contribution < -0.4 is 32.3 Å². The highest BCUT2D eigenvalue weighted by atomic mass is 16.7. The van der Waals surface area contributed by atoms with Gasteiger partial charge < -0.3 is 46.9 Å². The normalized spacial score (nSPS) is 29.7. The van der Waals surface area contributed by atoms with Crippen LogP contribution in [0.4, 0.5) is 0 Å². The van der Waals surface area contributed by atoms with E-state index in [-0.39, 0.29) is 54.3 Å². The zero-order valence-electron chi connectivity index (χ0n) is 36.1. The van der Waals surface area contributed by atoms with E-state index in [1.165, 1.54) is 0 Å². The number of fused-ring (bicyclic) bond motifs is 3. The second-order valence-corrected chi connectivity index (χ2v) is 18.5. The molecule has 1 aromatic rings. The van der Waals surface area contributed by atoms with Gasteiger partial charge in [-0.1, -0.05) is 68.8 Å². The average molecular weight is 823 g/mol. The van der Waals surface area contributed by atoms with E-state index in [0.29, 0.717) is 61.9 Å². The van der Waals surface area contributed by atoms with Crippen LogP contribution in [0.25, 0.3) is 0 Å². The predicted molar refractivity (Wildman–Crippen MR) is 233 cm³/mol. The summed E-state index contributed by atoms with van der Waals surface area (Å²) in [5, 5.41) is 27.4. The van der Waals surface area contributed by atoms with Gasteiger partial charge in [0.15, 0.2) is 11.4 Å². The van der Waals surface area contributed by atoms with E-state index < -0.39 is 28.7 Å². The summed E-state index contributed by atoms with van der Waals surface area (Å²) in [6.45, 7) is 10.2. The third-order valence-corrected chi connectivity index (χ3v) is 13.6. The Labute approximate surface area is 355 Å². The molecule has 12 heteroatoms. The lowest BCUT2D eigenvalue weighted by molar-refractivity contribution is -0.150. The van der Waals surface area contributed by atoms with E-state index in [1.54, 1.807) is 6.07 Å². The fourth-order valence-corrected chi connectivity index (χ4v) is 10.3. The van der Waals surface area contributed by atoms with Crippen LogP contribution in [0.3, 0.4) is 0 Å². The molecule has 8 N–H and O–H groups in total. The first kappa shape index (κ1) is 43.7. The van der Waals surface area contributed by atoms with Gasteiger partial charge in [0.25, 0.3) is 5.60 Å². The number of epoxide rings is 1. The van der Waals surface area contributed by atoms with Crippen molar-refractivity contribution >= 4 is 17.5 Å². The van der Waals surface area contributed by atoms with Crippen LogP contribution in [-0.2, 0) is 20.7 Å². The minimum Gasteiger partial charge on any atom is -0.463 e. The molecular weight excluding hydrogens is 757 g/mol. The van der Waals surface area contributed by atoms with Gasteiger partial charge in [0.2, 0.25) is 5.78 Å². The second-order valence-electron chi connectivity index (χ2n) is 18.5. The SMILES string of the molecule is CCN[C@H]1C[C@H]2C=CCC[C@H]2C[C@@H]1COC(=O)[C@]12O[C@@]1(C/C(CO)=C(\C)CCC1=CCNC(NCNC)=C1)C(=O)c1cccc(CC(C)(C)CC3=CNC(N)C=C3)c1C2=O. The third kappa shape index (κ3) is 8.85. The molecule has 324 valence electrons. The lowest BCUT2D eigenvalue weighted by Crippen LogP contribution is -2.52. The summed E-state index contributed by atoms with van der Waals surface area (Å²) in [6, 6.07) is 5.51. The number of aliphatic hydroxyl groups excluding tert-OH is 1. The molecule has 0 bridgehead atoms. The van der Waals surface area contributed by atoms with Gasteiger partial charge in [-0.2, -0.15) is 0 Å². The summed E-state index contributed by atoms with van der Waals surface area (Å²) in [5.41, 5.74) is 6.53. The molecule has 12 nitrogen and oxygen atoms in total. The summed E-state index contributed by atoms with van der Waals surface area (Å²) in [7, 11) is 1.88. The molecule has 3 aliphatic heterocycles. The first-order valence-electron chi connectivity index (χ1n) is 22.0. The predicted octanol–water partition coefficient (Wildman–Crippen LogP) is 4.99. The van der Waals surface area contributed by atoms with E-state index in [1.807, 2.05) is 44.5 Å². The van der Waals surface area contributed by atoms with Crippen LogP contribution in [-0.4, -0.2) is 86.1 Å². The van der Waals surface area contributed by atoms with Gasteiger partial charge in [-0.3, -0.25) is 9.59 Å². The van der Waals surface area contributed by atoms with Crippen molar-refractivity contribution in [2.45, 2.75) is 109 Å². The molecule has 6 aliphatic rings. The summed E-state index contributed by atoms with van der Waals surface area (Å²) in [5.74, 6) is 0.212. The zero-order chi connectivity index (χ0) is 42.7. The van der Waals surface area contributed by atoms with Gasteiger partial charge in [0.05, 0.1) is 26.0 Å². The number of benzene rings is 1. The van der Waals surface area contributed by atoms with Crippen LogP contribution >= 0.6 is 0 Å². The minimum atomic E-state index is -2.15. The smallest absolute Gasteiger partial charge is 0.350 e. The fraction of sp³-hybridized carbons (Fsp3) is 0.562. The number of ketones is 2. The Hall–Kier alpha value is -4.33. The number of nitrogens with one attached hydrogen (secondary N) is 5. The monoisotopic (exact) mass is 823 g/mol. The molecule has 60 heavy (non-hydrogen) atoms. The number of allylic oxidation sites excluding steroid dienone is 7. The number of nitrogens with two attached hydrogens (primary N) is 1. The Morgan fingerprint density at radius 2 is 1.97 bits per heavy atom. The van der Waals surface area contributed by atoms with E-state index in [4.69, 9.17) is 15.2 Å². The Kier molecular flexibility index (Phi) is 13.4. The molecule has 2 fully saturated rings. The highest BCUT2D eigenvalue weighted by Gasteiger charge is 2.85. The van der Waals surface area contributed by atoms with Crippen molar-refractivity contribution in [2.75, 3.05) is 40.0 Å². The number of carbonyl (C=O) groups excluding carboxylic acids is 3. The Morgan fingerprint density at radius 1 is 1.13 bits per heavy atom. The Morgan fingerprint density at radius 3 is 2.72 bits per heavy atom. The van der Waals surface area contributed by atoms with E-state index >= 15 is 9.59 Å². The molecule has 0 radical (unpaired) electrons. The first-order valence-corrected chi connectivity index (χ1v) is 22.0. The number of hydrogen-bond donors (Lipinski definition) is 7. The molecule has 7 atom stereocenters. The molecule has 1 unspecified atom stereocenters. The average Bonchev–Trinajstić information content (AvgIpc) is 3.94. The summed E-state index contributed by atoms with van der Waals surface area (Å²) >= 11 is 0. The maximum atomic E-state index is 15.2. The number of ether oxygens (including phenoxy) is 2. The van der Waals surface area contributed by atoms with Gasteiger partial charge in [0.1, 0.15) is 5.82 Å². The summed E-state index contributed by atoms with van der Waals surface area (Å²) < 4.78 is 12.7. The maximum Gasteiger partial charge on any atom is 0.350 e. The van der Waals surface area contributed by atoms with Crippen molar-refractivity contribution in [3.63, 3.8) is 0 Å².